The Morgan fingerprint density at radius 3 is 2.12 bits per heavy atom. The van der Waals surface area contributed by atoms with Gasteiger partial charge in [0.15, 0.2) is 0 Å². The monoisotopic (exact) mass is 356 g/mol. The molecular weight excluding hydrogens is 332 g/mol. The Bertz CT molecular complexity index is 799. The number of carbonyl (C=O) groups excluding carboxylic acids is 4. The largest absolute Gasteiger partial charge is 0.339 e. The average Bonchev–Trinajstić information content (AvgIpc) is 2.84. The molecule has 0 aromatic heterocycles. The SMILES string of the molecule is CC(=O)C1CCN(C(=O)c2ccc3c(c2)C(=O)N(C(C)(C)C)C3=O)CC1. The van der Waals surface area contributed by atoms with Crippen molar-refractivity contribution in [1.29, 1.82) is 0 Å². The molecule has 1 fully saturated rings. The summed E-state index contributed by atoms with van der Waals surface area (Å²) < 4.78 is 0. The lowest BCUT2D eigenvalue weighted by atomic mass is 9.93. The summed E-state index contributed by atoms with van der Waals surface area (Å²) in [6.45, 7) is 8.06. The van der Waals surface area contributed by atoms with Crippen molar-refractivity contribution in [2.45, 2.75) is 46.1 Å². The summed E-state index contributed by atoms with van der Waals surface area (Å²) in [5.74, 6) is -0.648. The van der Waals surface area contributed by atoms with Gasteiger partial charge in [0.05, 0.1) is 11.1 Å². The van der Waals surface area contributed by atoms with Crippen LogP contribution in [0.4, 0.5) is 0 Å². The van der Waals surface area contributed by atoms with Crippen molar-refractivity contribution < 1.29 is 19.2 Å². The minimum absolute atomic E-state index is 0.0265. The molecule has 2 aliphatic rings. The van der Waals surface area contributed by atoms with Crippen molar-refractivity contribution >= 4 is 23.5 Å². The summed E-state index contributed by atoms with van der Waals surface area (Å²) in [6.07, 6.45) is 1.34. The molecule has 0 spiro atoms. The van der Waals surface area contributed by atoms with Crippen molar-refractivity contribution in [2.24, 2.45) is 5.92 Å². The van der Waals surface area contributed by atoms with Crippen LogP contribution >= 0.6 is 0 Å². The summed E-state index contributed by atoms with van der Waals surface area (Å²) in [7, 11) is 0. The van der Waals surface area contributed by atoms with Gasteiger partial charge in [-0.25, -0.2) is 0 Å². The summed E-state index contributed by atoms with van der Waals surface area (Å²) in [4.78, 5) is 52.4. The van der Waals surface area contributed by atoms with Crippen LogP contribution in [0, 0.1) is 5.92 Å². The first-order valence-electron chi connectivity index (χ1n) is 8.94. The molecule has 1 aromatic rings. The van der Waals surface area contributed by atoms with Crippen LogP contribution in [0.1, 0.15) is 71.6 Å². The molecule has 0 N–H and O–H groups in total. The third-order valence-electron chi connectivity index (χ3n) is 5.16. The van der Waals surface area contributed by atoms with Gasteiger partial charge in [-0.2, -0.15) is 0 Å². The van der Waals surface area contributed by atoms with Gasteiger partial charge in [-0.1, -0.05) is 0 Å². The Hall–Kier alpha value is -2.50. The number of hydrogen-bond donors (Lipinski definition) is 0. The van der Waals surface area contributed by atoms with E-state index in [1.165, 1.54) is 11.0 Å². The minimum Gasteiger partial charge on any atom is -0.339 e. The number of fused-ring (bicyclic) bond motifs is 1. The molecule has 2 aliphatic heterocycles. The summed E-state index contributed by atoms with van der Waals surface area (Å²) in [5.41, 5.74) is 0.416. The molecule has 0 aliphatic carbocycles. The molecular formula is C20H24N2O4. The molecule has 3 rings (SSSR count). The number of carbonyl (C=O) groups is 4. The van der Waals surface area contributed by atoms with E-state index in [1.54, 1.807) is 44.7 Å². The van der Waals surface area contributed by atoms with Gasteiger partial charge in [0.2, 0.25) is 0 Å². The zero-order valence-corrected chi connectivity index (χ0v) is 15.7. The van der Waals surface area contributed by atoms with Gasteiger partial charge in [-0.3, -0.25) is 24.1 Å². The van der Waals surface area contributed by atoms with Gasteiger partial charge in [-0.15, -0.1) is 0 Å². The second kappa shape index (κ2) is 6.34. The van der Waals surface area contributed by atoms with Gasteiger partial charge in [0, 0.05) is 30.1 Å². The molecule has 0 bridgehead atoms. The Labute approximate surface area is 153 Å². The van der Waals surface area contributed by atoms with E-state index in [9.17, 15) is 19.2 Å². The summed E-state index contributed by atoms with van der Waals surface area (Å²) in [6, 6.07) is 4.70. The molecule has 6 heteroatoms. The molecule has 1 aromatic carbocycles. The van der Waals surface area contributed by atoms with E-state index < -0.39 is 5.54 Å². The zero-order valence-electron chi connectivity index (χ0n) is 15.7. The topological polar surface area (TPSA) is 74.8 Å². The van der Waals surface area contributed by atoms with Crippen molar-refractivity contribution in [3.05, 3.63) is 34.9 Å². The van der Waals surface area contributed by atoms with E-state index >= 15 is 0 Å². The zero-order chi connectivity index (χ0) is 19.2. The van der Waals surface area contributed by atoms with Gasteiger partial charge < -0.3 is 4.90 Å². The summed E-state index contributed by atoms with van der Waals surface area (Å²) >= 11 is 0. The van der Waals surface area contributed by atoms with Crippen LogP contribution in [0.5, 0.6) is 0 Å². The Morgan fingerprint density at radius 1 is 1.00 bits per heavy atom. The Balaban J connectivity index is 1.82. The second-order valence-electron chi connectivity index (χ2n) is 8.05. The molecule has 3 amide bonds. The maximum atomic E-state index is 12.8. The van der Waals surface area contributed by atoms with Crippen LogP contribution in [0.25, 0.3) is 0 Å². The number of rotatable bonds is 2. The number of piperidine rings is 1. The maximum Gasteiger partial charge on any atom is 0.262 e. The molecule has 0 unspecified atom stereocenters. The van der Waals surface area contributed by atoms with E-state index in [1.807, 2.05) is 0 Å². The summed E-state index contributed by atoms with van der Waals surface area (Å²) in [5, 5.41) is 0. The van der Waals surface area contributed by atoms with Crippen molar-refractivity contribution in [1.82, 2.24) is 9.80 Å². The molecule has 0 atom stereocenters. The first-order valence-corrected chi connectivity index (χ1v) is 8.94. The van der Waals surface area contributed by atoms with Crippen molar-refractivity contribution in [2.75, 3.05) is 13.1 Å². The molecule has 0 saturated carbocycles. The van der Waals surface area contributed by atoms with Gasteiger partial charge in [-0.05, 0) is 58.7 Å². The van der Waals surface area contributed by atoms with Crippen LogP contribution < -0.4 is 0 Å². The van der Waals surface area contributed by atoms with Crippen LogP contribution in [0.2, 0.25) is 0 Å². The lowest BCUT2D eigenvalue weighted by Crippen LogP contribution is -2.45. The Kier molecular flexibility index (Phi) is 4.46. The Morgan fingerprint density at radius 2 is 1.58 bits per heavy atom. The molecule has 1 saturated heterocycles. The van der Waals surface area contributed by atoms with E-state index in [-0.39, 0.29) is 35.0 Å². The fourth-order valence-corrected chi connectivity index (χ4v) is 3.65. The van der Waals surface area contributed by atoms with Crippen LogP contribution in [-0.2, 0) is 4.79 Å². The van der Waals surface area contributed by atoms with E-state index in [0.29, 0.717) is 37.1 Å². The molecule has 2 heterocycles. The highest BCUT2D eigenvalue weighted by molar-refractivity contribution is 6.22. The van der Waals surface area contributed by atoms with Gasteiger partial charge in [0.25, 0.3) is 17.7 Å². The number of nitrogens with zero attached hydrogens (tertiary/aromatic N) is 2. The molecule has 26 heavy (non-hydrogen) atoms. The number of imide groups is 1. The lowest BCUT2D eigenvalue weighted by Gasteiger charge is -2.31. The first kappa shape index (κ1) is 18.3. The first-order chi connectivity index (χ1) is 12.1. The predicted octanol–water partition coefficient (Wildman–Crippen LogP) is 2.52. The minimum atomic E-state index is -0.619. The molecule has 0 radical (unpaired) electrons. The number of ketones is 1. The third-order valence-corrected chi connectivity index (χ3v) is 5.16. The van der Waals surface area contributed by atoms with Gasteiger partial charge >= 0.3 is 0 Å². The predicted molar refractivity (Wildman–Crippen MR) is 96.0 cm³/mol. The van der Waals surface area contributed by atoms with Crippen molar-refractivity contribution in [3.8, 4) is 0 Å². The number of benzene rings is 1. The quantitative estimate of drug-likeness (QED) is 0.763. The lowest BCUT2D eigenvalue weighted by molar-refractivity contribution is -0.121. The highest BCUT2D eigenvalue weighted by atomic mass is 16.2. The number of hydrogen-bond acceptors (Lipinski definition) is 4. The maximum absolute atomic E-state index is 12.8. The normalized spacial score (nSPS) is 18.3. The van der Waals surface area contributed by atoms with Crippen LogP contribution in [0.15, 0.2) is 18.2 Å². The van der Waals surface area contributed by atoms with E-state index in [4.69, 9.17) is 0 Å². The smallest absolute Gasteiger partial charge is 0.262 e. The third kappa shape index (κ3) is 3.04. The fourth-order valence-electron chi connectivity index (χ4n) is 3.65. The highest BCUT2D eigenvalue weighted by Crippen LogP contribution is 2.30. The van der Waals surface area contributed by atoms with Crippen LogP contribution in [-0.4, -0.2) is 51.9 Å². The second-order valence-corrected chi connectivity index (χ2v) is 8.05. The number of amides is 3. The highest BCUT2D eigenvalue weighted by Gasteiger charge is 2.42. The number of likely N-dealkylation sites (tertiary alicyclic amines) is 1. The van der Waals surface area contributed by atoms with E-state index in [0.717, 1.165) is 0 Å². The molecule has 138 valence electrons. The van der Waals surface area contributed by atoms with Crippen LogP contribution in [0.3, 0.4) is 0 Å². The standard InChI is InChI=1S/C20H24N2O4/c1-12(23)13-7-9-21(10-8-13)17(24)14-5-6-15-16(11-14)19(26)22(18(15)25)20(2,3)4/h5-6,11,13H,7-10H2,1-4H3. The molecule has 6 nitrogen and oxygen atoms in total. The van der Waals surface area contributed by atoms with Crippen molar-refractivity contribution in [3.63, 3.8) is 0 Å². The average molecular weight is 356 g/mol. The van der Waals surface area contributed by atoms with Gasteiger partial charge in [0.1, 0.15) is 5.78 Å². The number of Topliss-reactive ketones (excluding diaryl/α,β-unsaturated/α-hetero) is 1. The fraction of sp³-hybridized carbons (Fsp3) is 0.500. The van der Waals surface area contributed by atoms with E-state index in [2.05, 4.69) is 0 Å².